The number of thiazole rings is 1. The van der Waals surface area contributed by atoms with Crippen molar-refractivity contribution in [1.82, 2.24) is 10.3 Å². The summed E-state index contributed by atoms with van der Waals surface area (Å²) in [6, 6.07) is 0.131. The van der Waals surface area contributed by atoms with E-state index < -0.39 is 0 Å². The normalized spacial score (nSPS) is 12.8. The maximum absolute atomic E-state index is 11.9. The number of carbonyl (C=O) groups is 1. The van der Waals surface area contributed by atoms with Crippen LogP contribution in [0.3, 0.4) is 0 Å². The zero-order valence-corrected chi connectivity index (χ0v) is 11.4. The lowest BCUT2D eigenvalue weighted by Crippen LogP contribution is -2.38. The van der Waals surface area contributed by atoms with Gasteiger partial charge in [0.05, 0.1) is 11.2 Å². The van der Waals surface area contributed by atoms with Crippen LogP contribution in [0.4, 0.5) is 0 Å². The topological polar surface area (TPSA) is 42.0 Å². The number of aromatic nitrogens is 1. The van der Waals surface area contributed by atoms with Crippen LogP contribution in [-0.4, -0.2) is 22.8 Å². The number of aryl methyl sites for hydroxylation is 1. The van der Waals surface area contributed by atoms with Gasteiger partial charge in [-0.2, -0.15) is 0 Å². The number of nitrogens with zero attached hydrogens (tertiary/aromatic N) is 1. The average molecular weight is 261 g/mol. The Kier molecular flexibility index (Phi) is 5.22. The van der Waals surface area contributed by atoms with Gasteiger partial charge in [0, 0.05) is 11.9 Å². The molecule has 1 aromatic rings. The van der Waals surface area contributed by atoms with Crippen LogP contribution in [0, 0.1) is 12.8 Å². The summed E-state index contributed by atoms with van der Waals surface area (Å²) in [5.41, 5.74) is 2.48. The van der Waals surface area contributed by atoms with Gasteiger partial charge < -0.3 is 5.32 Å². The predicted octanol–water partition coefficient (Wildman–Crippen LogP) is 2.83. The fourth-order valence-corrected chi connectivity index (χ4v) is 2.38. The molecule has 16 heavy (non-hydrogen) atoms. The molecule has 0 aromatic carbocycles. The van der Waals surface area contributed by atoms with Crippen LogP contribution in [-0.2, 0) is 0 Å². The molecule has 1 amide bonds. The quantitative estimate of drug-likeness (QED) is 0.828. The highest BCUT2D eigenvalue weighted by molar-refractivity contribution is 7.11. The smallest absolute Gasteiger partial charge is 0.263 e. The maximum Gasteiger partial charge on any atom is 0.263 e. The molecule has 1 heterocycles. The van der Waals surface area contributed by atoms with Gasteiger partial charge in [-0.25, -0.2) is 4.98 Å². The van der Waals surface area contributed by atoms with Crippen LogP contribution in [0.5, 0.6) is 0 Å². The number of amides is 1. The first kappa shape index (κ1) is 13.5. The van der Waals surface area contributed by atoms with Gasteiger partial charge in [-0.1, -0.05) is 13.8 Å². The number of alkyl halides is 1. The third kappa shape index (κ3) is 3.46. The Morgan fingerprint density at radius 2 is 2.31 bits per heavy atom. The molecule has 0 saturated heterocycles. The molecule has 0 radical (unpaired) electrons. The molecule has 0 spiro atoms. The zero-order valence-electron chi connectivity index (χ0n) is 9.79. The molecule has 1 N–H and O–H groups in total. The molecular weight excluding hydrogens is 244 g/mol. The van der Waals surface area contributed by atoms with Crippen molar-refractivity contribution in [3.63, 3.8) is 0 Å². The summed E-state index contributed by atoms with van der Waals surface area (Å²) in [4.78, 5) is 16.7. The van der Waals surface area contributed by atoms with Crippen molar-refractivity contribution in [3.05, 3.63) is 16.1 Å². The maximum atomic E-state index is 11.9. The second kappa shape index (κ2) is 6.21. The highest BCUT2D eigenvalue weighted by Crippen LogP contribution is 2.14. The Morgan fingerprint density at radius 3 is 2.75 bits per heavy atom. The lowest BCUT2D eigenvalue weighted by atomic mass is 10.0. The van der Waals surface area contributed by atoms with Crippen LogP contribution in [0.25, 0.3) is 0 Å². The first-order valence-corrected chi connectivity index (χ1v) is 6.74. The number of hydrogen-bond acceptors (Lipinski definition) is 3. The van der Waals surface area contributed by atoms with Crippen molar-refractivity contribution in [2.75, 3.05) is 5.88 Å². The highest BCUT2D eigenvalue weighted by Gasteiger charge is 2.18. The monoisotopic (exact) mass is 260 g/mol. The Labute approximate surface area is 105 Å². The number of hydrogen-bond donors (Lipinski definition) is 1. The van der Waals surface area contributed by atoms with E-state index in [4.69, 9.17) is 11.6 Å². The average Bonchev–Trinajstić information content (AvgIpc) is 2.63. The van der Waals surface area contributed by atoms with Crippen molar-refractivity contribution in [2.24, 2.45) is 5.92 Å². The standard InChI is InChI=1S/C11H17ClN2OS/c1-7(2)9(4-5-12)14-11(15)10-8(3)13-6-16-10/h6-7,9H,4-5H2,1-3H3,(H,14,15). The summed E-state index contributed by atoms with van der Waals surface area (Å²) in [6.45, 7) is 6.01. The van der Waals surface area contributed by atoms with Gasteiger partial charge in [-0.05, 0) is 19.3 Å². The van der Waals surface area contributed by atoms with Crippen molar-refractivity contribution >= 4 is 28.8 Å². The fraction of sp³-hybridized carbons (Fsp3) is 0.636. The number of nitrogens with one attached hydrogen (secondary N) is 1. The second-order valence-corrected chi connectivity index (χ2v) is 5.30. The van der Waals surface area contributed by atoms with Gasteiger partial charge in [0.2, 0.25) is 0 Å². The molecule has 0 aliphatic carbocycles. The summed E-state index contributed by atoms with van der Waals surface area (Å²) >= 11 is 7.09. The van der Waals surface area contributed by atoms with E-state index in [-0.39, 0.29) is 11.9 Å². The van der Waals surface area contributed by atoms with Gasteiger partial charge in [0.25, 0.3) is 5.91 Å². The first-order valence-electron chi connectivity index (χ1n) is 5.33. The van der Waals surface area contributed by atoms with Gasteiger partial charge in [-0.15, -0.1) is 22.9 Å². The lowest BCUT2D eigenvalue weighted by Gasteiger charge is -2.21. The largest absolute Gasteiger partial charge is 0.348 e. The molecule has 5 heteroatoms. The minimum atomic E-state index is -0.0381. The van der Waals surface area contributed by atoms with Crippen molar-refractivity contribution in [2.45, 2.75) is 33.2 Å². The van der Waals surface area contributed by atoms with E-state index in [1.165, 1.54) is 11.3 Å². The van der Waals surface area contributed by atoms with E-state index in [0.29, 0.717) is 16.7 Å². The number of rotatable bonds is 5. The Morgan fingerprint density at radius 1 is 1.62 bits per heavy atom. The minimum absolute atomic E-state index is 0.0381. The van der Waals surface area contributed by atoms with Gasteiger partial charge in [-0.3, -0.25) is 4.79 Å². The summed E-state index contributed by atoms with van der Waals surface area (Å²) in [5, 5.41) is 3.01. The third-order valence-electron chi connectivity index (χ3n) is 2.49. The van der Waals surface area contributed by atoms with E-state index >= 15 is 0 Å². The molecule has 90 valence electrons. The van der Waals surface area contributed by atoms with Crippen LogP contribution in [0.2, 0.25) is 0 Å². The van der Waals surface area contributed by atoms with Crippen LogP contribution in [0.1, 0.15) is 35.6 Å². The van der Waals surface area contributed by atoms with Gasteiger partial charge in [0.1, 0.15) is 4.88 Å². The second-order valence-electron chi connectivity index (χ2n) is 4.07. The Bertz CT molecular complexity index is 352. The Balaban J connectivity index is 2.65. The SMILES string of the molecule is Cc1ncsc1C(=O)NC(CCCl)C(C)C. The molecule has 0 saturated carbocycles. The summed E-state index contributed by atoms with van der Waals surface area (Å²) in [6.07, 6.45) is 0.794. The molecule has 1 rings (SSSR count). The van der Waals surface area contributed by atoms with E-state index in [9.17, 15) is 4.79 Å². The molecule has 0 aliphatic rings. The van der Waals surface area contributed by atoms with Crippen molar-refractivity contribution in [3.8, 4) is 0 Å². The van der Waals surface area contributed by atoms with E-state index in [1.807, 2.05) is 6.92 Å². The van der Waals surface area contributed by atoms with E-state index in [1.54, 1.807) is 5.51 Å². The molecule has 3 nitrogen and oxygen atoms in total. The molecule has 0 aliphatic heterocycles. The van der Waals surface area contributed by atoms with Crippen LogP contribution >= 0.6 is 22.9 Å². The minimum Gasteiger partial charge on any atom is -0.348 e. The van der Waals surface area contributed by atoms with E-state index in [2.05, 4.69) is 24.1 Å². The van der Waals surface area contributed by atoms with Crippen molar-refractivity contribution in [1.29, 1.82) is 0 Å². The molecule has 0 bridgehead atoms. The van der Waals surface area contributed by atoms with Crippen LogP contribution < -0.4 is 5.32 Å². The van der Waals surface area contributed by atoms with Crippen molar-refractivity contribution < 1.29 is 4.79 Å². The summed E-state index contributed by atoms with van der Waals surface area (Å²) < 4.78 is 0. The molecule has 1 unspecified atom stereocenters. The number of halogens is 1. The zero-order chi connectivity index (χ0) is 12.1. The lowest BCUT2D eigenvalue weighted by molar-refractivity contribution is 0.0928. The molecule has 1 atom stereocenters. The van der Waals surface area contributed by atoms with E-state index in [0.717, 1.165) is 12.1 Å². The Hall–Kier alpha value is -0.610. The first-order chi connectivity index (χ1) is 7.56. The molecule has 0 fully saturated rings. The molecular formula is C11H17ClN2OS. The molecule has 1 aromatic heterocycles. The third-order valence-corrected chi connectivity index (χ3v) is 3.64. The fourth-order valence-electron chi connectivity index (χ4n) is 1.44. The number of carbonyl (C=O) groups excluding carboxylic acids is 1. The van der Waals surface area contributed by atoms with Gasteiger partial charge >= 0.3 is 0 Å². The summed E-state index contributed by atoms with van der Waals surface area (Å²) in [7, 11) is 0. The van der Waals surface area contributed by atoms with Crippen LogP contribution in [0.15, 0.2) is 5.51 Å². The highest BCUT2D eigenvalue weighted by atomic mass is 35.5. The summed E-state index contributed by atoms with van der Waals surface area (Å²) in [5.74, 6) is 0.907. The van der Waals surface area contributed by atoms with Gasteiger partial charge in [0.15, 0.2) is 0 Å². The predicted molar refractivity (Wildman–Crippen MR) is 68.3 cm³/mol.